The Labute approximate surface area is 228 Å². The minimum atomic E-state index is -1.31. The molecule has 1 saturated heterocycles. The second-order valence-corrected chi connectivity index (χ2v) is 11.1. The Kier molecular flexibility index (Phi) is 7.15. The Morgan fingerprint density at radius 2 is 1.07 bits per heavy atom. The molecule has 1 N–H and O–H groups in total. The highest BCUT2D eigenvalue weighted by atomic mass is 19.2. The molecule has 2 aliphatic carbocycles. The van der Waals surface area contributed by atoms with E-state index in [0.717, 1.165) is 6.07 Å². The van der Waals surface area contributed by atoms with E-state index in [9.17, 15) is 22.7 Å². The molecule has 2 nitrogen and oxygen atoms in total. The molecule has 3 aromatic rings. The van der Waals surface area contributed by atoms with E-state index in [2.05, 4.69) is 0 Å². The zero-order chi connectivity index (χ0) is 28.1. The number of allylic oxidation sites excluding steroid dienone is 2. The van der Waals surface area contributed by atoms with Crippen LogP contribution < -0.4 is 0 Å². The van der Waals surface area contributed by atoms with Crippen LogP contribution in [0.2, 0.25) is 0 Å². The molecule has 0 amide bonds. The molecule has 210 valence electrons. The molecule has 0 spiro atoms. The van der Waals surface area contributed by atoms with E-state index in [1.807, 2.05) is 0 Å². The van der Waals surface area contributed by atoms with Gasteiger partial charge in [0.15, 0.2) is 34.8 Å². The van der Waals surface area contributed by atoms with Crippen molar-refractivity contribution in [2.24, 2.45) is 0 Å². The molecule has 8 heteroatoms. The van der Waals surface area contributed by atoms with E-state index >= 15 is 8.78 Å². The van der Waals surface area contributed by atoms with E-state index in [4.69, 9.17) is 4.74 Å². The summed E-state index contributed by atoms with van der Waals surface area (Å²) in [6.07, 6.45) is 4.58. The summed E-state index contributed by atoms with van der Waals surface area (Å²) in [7, 11) is 0. The normalized spacial score (nSPS) is 24.6. The van der Waals surface area contributed by atoms with Crippen LogP contribution in [0.25, 0.3) is 5.57 Å². The van der Waals surface area contributed by atoms with Gasteiger partial charge in [0.2, 0.25) is 5.82 Å². The largest absolute Gasteiger partial charge is 0.505 e. The molecule has 0 bridgehead atoms. The second kappa shape index (κ2) is 10.6. The number of benzene rings is 3. The summed E-state index contributed by atoms with van der Waals surface area (Å²) >= 11 is 0. The molecule has 2 atom stereocenters. The number of hydrogen-bond donors (Lipinski definition) is 1. The molecule has 1 aliphatic heterocycles. The minimum absolute atomic E-state index is 0.0573. The third-order valence-electron chi connectivity index (χ3n) is 8.83. The van der Waals surface area contributed by atoms with Gasteiger partial charge >= 0.3 is 0 Å². The fourth-order valence-electron chi connectivity index (χ4n) is 6.44. The highest BCUT2D eigenvalue weighted by molar-refractivity contribution is 5.68. The van der Waals surface area contributed by atoms with Gasteiger partial charge in [-0.15, -0.1) is 0 Å². The van der Waals surface area contributed by atoms with Crippen molar-refractivity contribution in [3.05, 3.63) is 105 Å². The first-order chi connectivity index (χ1) is 19.2. The summed E-state index contributed by atoms with van der Waals surface area (Å²) in [6.45, 7) is 0.390. The van der Waals surface area contributed by atoms with Crippen molar-refractivity contribution in [2.45, 2.75) is 68.8 Å². The van der Waals surface area contributed by atoms with Crippen LogP contribution in [-0.4, -0.2) is 11.7 Å². The van der Waals surface area contributed by atoms with E-state index in [1.165, 1.54) is 6.07 Å². The molecule has 0 aromatic heterocycles. The zero-order valence-corrected chi connectivity index (χ0v) is 21.6. The van der Waals surface area contributed by atoms with Gasteiger partial charge in [-0.05, 0) is 97.1 Å². The Morgan fingerprint density at radius 1 is 0.575 bits per heavy atom. The SMILES string of the molecule is Oc1ccc(C2=CCC(c3ccc(C4CCC(c5ccc(C6CO6)c(F)c5F)CC4)c(F)c3F)CC2)c(F)c1F. The third kappa shape index (κ3) is 4.80. The number of ether oxygens (including phenoxy) is 1. The fourth-order valence-corrected chi connectivity index (χ4v) is 6.44. The van der Waals surface area contributed by atoms with E-state index in [1.54, 1.807) is 30.3 Å². The van der Waals surface area contributed by atoms with E-state index in [-0.39, 0.29) is 40.5 Å². The first-order valence-corrected chi connectivity index (χ1v) is 13.7. The third-order valence-corrected chi connectivity index (χ3v) is 8.83. The lowest BCUT2D eigenvalue weighted by atomic mass is 9.75. The quantitative estimate of drug-likeness (QED) is 0.250. The minimum Gasteiger partial charge on any atom is -0.505 e. The van der Waals surface area contributed by atoms with Gasteiger partial charge in [0.05, 0.1) is 6.61 Å². The van der Waals surface area contributed by atoms with Crippen LogP contribution >= 0.6 is 0 Å². The van der Waals surface area contributed by atoms with Crippen LogP contribution in [-0.2, 0) is 4.74 Å². The molecular formula is C32H28F6O2. The Morgan fingerprint density at radius 3 is 1.57 bits per heavy atom. The number of halogens is 6. The summed E-state index contributed by atoms with van der Waals surface area (Å²) in [5, 5.41) is 9.36. The van der Waals surface area contributed by atoms with Gasteiger partial charge in [-0.3, -0.25) is 0 Å². The maximum Gasteiger partial charge on any atom is 0.200 e. The van der Waals surface area contributed by atoms with Gasteiger partial charge in [-0.25, -0.2) is 22.0 Å². The van der Waals surface area contributed by atoms with Crippen molar-refractivity contribution < 1.29 is 36.2 Å². The van der Waals surface area contributed by atoms with Crippen LogP contribution in [0.5, 0.6) is 5.75 Å². The van der Waals surface area contributed by atoms with Crippen molar-refractivity contribution in [3.63, 3.8) is 0 Å². The van der Waals surface area contributed by atoms with Crippen LogP contribution in [0, 0.1) is 34.9 Å². The zero-order valence-electron chi connectivity index (χ0n) is 21.6. The molecule has 2 unspecified atom stereocenters. The second-order valence-electron chi connectivity index (χ2n) is 11.1. The first-order valence-electron chi connectivity index (χ1n) is 13.7. The summed E-state index contributed by atoms with van der Waals surface area (Å²) in [5.41, 5.74) is 1.72. The average Bonchev–Trinajstić information content (AvgIpc) is 3.81. The van der Waals surface area contributed by atoms with Crippen LogP contribution in [0.1, 0.15) is 96.6 Å². The van der Waals surface area contributed by atoms with Crippen molar-refractivity contribution in [1.82, 2.24) is 0 Å². The predicted molar refractivity (Wildman–Crippen MR) is 138 cm³/mol. The topological polar surface area (TPSA) is 32.8 Å². The number of aromatic hydroxyl groups is 1. The predicted octanol–water partition coefficient (Wildman–Crippen LogP) is 9.09. The summed E-state index contributed by atoms with van der Waals surface area (Å²) < 4.78 is 93.0. The Bertz CT molecular complexity index is 1490. The number of epoxide rings is 1. The number of hydrogen-bond acceptors (Lipinski definition) is 2. The van der Waals surface area contributed by atoms with Gasteiger partial charge < -0.3 is 9.84 Å². The van der Waals surface area contributed by atoms with Crippen molar-refractivity contribution >= 4 is 5.57 Å². The number of rotatable bonds is 5. The standard InChI is InChI=1S/C32H28F6O2/c33-27-20(16-1-3-18(4-2-16)22-11-12-24(26-15-40-26)31(37)29(22)35)9-10-21(28(27)34)17-5-7-19(8-6-17)23-13-14-25(39)32(38)30(23)36/h7,9-14,16-18,26,39H,1-6,8,15H2. The molecule has 40 heavy (non-hydrogen) atoms. The van der Waals surface area contributed by atoms with E-state index in [0.29, 0.717) is 68.3 Å². The summed E-state index contributed by atoms with van der Waals surface area (Å²) in [4.78, 5) is 0. The molecule has 2 fully saturated rings. The molecule has 6 rings (SSSR count). The first kappa shape index (κ1) is 26.9. The monoisotopic (exact) mass is 558 g/mol. The molecule has 1 saturated carbocycles. The van der Waals surface area contributed by atoms with Gasteiger partial charge in [0.1, 0.15) is 6.10 Å². The van der Waals surface area contributed by atoms with Crippen LogP contribution in [0.3, 0.4) is 0 Å². The van der Waals surface area contributed by atoms with Crippen LogP contribution in [0.4, 0.5) is 26.3 Å². The smallest absolute Gasteiger partial charge is 0.200 e. The molecule has 3 aromatic carbocycles. The van der Waals surface area contributed by atoms with Crippen molar-refractivity contribution in [1.29, 1.82) is 0 Å². The van der Waals surface area contributed by atoms with E-state index < -0.39 is 40.7 Å². The lowest BCUT2D eigenvalue weighted by Gasteiger charge is -2.30. The maximum absolute atomic E-state index is 15.3. The molecule has 0 radical (unpaired) electrons. The fraction of sp³-hybridized carbons (Fsp3) is 0.375. The van der Waals surface area contributed by atoms with Gasteiger partial charge in [-0.2, -0.15) is 4.39 Å². The number of phenolic OH excluding ortho intramolecular Hbond substituents is 1. The highest BCUT2D eigenvalue weighted by Gasteiger charge is 2.33. The lowest BCUT2D eigenvalue weighted by molar-refractivity contribution is 0.365. The van der Waals surface area contributed by atoms with Gasteiger partial charge in [0, 0.05) is 11.1 Å². The van der Waals surface area contributed by atoms with Crippen LogP contribution in [0.15, 0.2) is 42.5 Å². The van der Waals surface area contributed by atoms with Gasteiger partial charge in [0.25, 0.3) is 0 Å². The maximum atomic E-state index is 15.3. The van der Waals surface area contributed by atoms with Crippen molar-refractivity contribution in [2.75, 3.05) is 6.61 Å². The average molecular weight is 559 g/mol. The lowest BCUT2D eigenvalue weighted by Crippen LogP contribution is -2.16. The summed E-state index contributed by atoms with van der Waals surface area (Å²) in [6, 6.07) is 8.83. The van der Waals surface area contributed by atoms with Crippen molar-refractivity contribution in [3.8, 4) is 5.75 Å². The van der Waals surface area contributed by atoms with Gasteiger partial charge in [-0.1, -0.05) is 30.3 Å². The molecular weight excluding hydrogens is 530 g/mol. The Balaban J connectivity index is 1.14. The summed E-state index contributed by atoms with van der Waals surface area (Å²) in [5.74, 6) is -7.41. The number of phenols is 1. The molecule has 1 heterocycles. The molecule has 3 aliphatic rings. The Hall–Kier alpha value is -3.26. The highest BCUT2D eigenvalue weighted by Crippen LogP contribution is 2.45.